The predicted octanol–water partition coefficient (Wildman–Crippen LogP) is 2.59. The van der Waals surface area contributed by atoms with E-state index in [0.29, 0.717) is 44.0 Å². The first kappa shape index (κ1) is 24.3. The van der Waals surface area contributed by atoms with Gasteiger partial charge >= 0.3 is 0 Å². The number of nitriles is 1. The van der Waals surface area contributed by atoms with Crippen molar-refractivity contribution in [1.29, 1.82) is 5.26 Å². The number of hydrogen-bond donors (Lipinski definition) is 2. The average molecular weight is 468 g/mol. The second-order valence-electron chi connectivity index (χ2n) is 9.00. The molecule has 10 nitrogen and oxygen atoms in total. The maximum absolute atomic E-state index is 9.63. The van der Waals surface area contributed by atoms with Crippen molar-refractivity contribution < 1.29 is 14.2 Å². The Bertz CT molecular complexity index is 954. The highest BCUT2D eigenvalue weighted by molar-refractivity contribution is 5.62. The van der Waals surface area contributed by atoms with E-state index in [0.717, 1.165) is 55.9 Å². The van der Waals surface area contributed by atoms with Gasteiger partial charge in [0.1, 0.15) is 18.8 Å². The number of nitrogens with zero attached hydrogens (tertiary/aromatic N) is 5. The van der Waals surface area contributed by atoms with Gasteiger partial charge in [0.2, 0.25) is 5.88 Å². The van der Waals surface area contributed by atoms with Gasteiger partial charge in [0, 0.05) is 56.6 Å². The highest BCUT2D eigenvalue weighted by Gasteiger charge is 2.34. The highest BCUT2D eigenvalue weighted by atomic mass is 16.5. The molecule has 0 bridgehead atoms. The summed E-state index contributed by atoms with van der Waals surface area (Å²) in [5, 5.41) is 24.9. The Morgan fingerprint density at radius 3 is 2.71 bits per heavy atom. The predicted molar refractivity (Wildman–Crippen MR) is 126 cm³/mol. The number of anilines is 1. The summed E-state index contributed by atoms with van der Waals surface area (Å²) >= 11 is 0. The summed E-state index contributed by atoms with van der Waals surface area (Å²) < 4.78 is 16.4. The van der Waals surface area contributed by atoms with Gasteiger partial charge < -0.3 is 24.8 Å². The minimum Gasteiger partial charge on any atom is -0.475 e. The van der Waals surface area contributed by atoms with E-state index >= 15 is 0 Å². The van der Waals surface area contributed by atoms with Crippen molar-refractivity contribution in [2.75, 3.05) is 45.4 Å². The van der Waals surface area contributed by atoms with Crippen molar-refractivity contribution in [2.45, 2.75) is 50.6 Å². The molecule has 2 aliphatic rings. The molecule has 0 aromatic carbocycles. The van der Waals surface area contributed by atoms with E-state index in [4.69, 9.17) is 14.2 Å². The van der Waals surface area contributed by atoms with Gasteiger partial charge in [-0.15, -0.1) is 5.10 Å². The van der Waals surface area contributed by atoms with Gasteiger partial charge in [-0.05, 0) is 38.5 Å². The Morgan fingerprint density at radius 2 is 1.94 bits per heavy atom. The van der Waals surface area contributed by atoms with Crippen molar-refractivity contribution in [1.82, 2.24) is 25.5 Å². The van der Waals surface area contributed by atoms with Crippen LogP contribution in [0.3, 0.4) is 0 Å². The number of ether oxygens (including phenoxy) is 3. The fraction of sp³-hybridized carbons (Fsp3) is 0.625. The first-order valence-corrected chi connectivity index (χ1v) is 12.0. The van der Waals surface area contributed by atoms with Crippen LogP contribution in [0.4, 0.5) is 5.82 Å². The van der Waals surface area contributed by atoms with Gasteiger partial charge in [0.15, 0.2) is 0 Å². The Balaban J connectivity index is 1.33. The van der Waals surface area contributed by atoms with Crippen LogP contribution < -0.4 is 15.4 Å². The Kier molecular flexibility index (Phi) is 8.57. The first-order valence-electron chi connectivity index (χ1n) is 12.0. The van der Waals surface area contributed by atoms with Gasteiger partial charge in [-0.2, -0.15) is 10.4 Å². The lowest BCUT2D eigenvalue weighted by Gasteiger charge is -2.30. The largest absolute Gasteiger partial charge is 0.475 e. The summed E-state index contributed by atoms with van der Waals surface area (Å²) in [6.45, 7) is 3.06. The lowest BCUT2D eigenvalue weighted by molar-refractivity contribution is 0.0181. The fourth-order valence-electron chi connectivity index (χ4n) is 4.43. The van der Waals surface area contributed by atoms with Crippen LogP contribution in [0.2, 0.25) is 0 Å². The van der Waals surface area contributed by atoms with Gasteiger partial charge in [0.05, 0.1) is 30.0 Å². The monoisotopic (exact) mass is 467 g/mol. The molecule has 2 aromatic heterocycles. The summed E-state index contributed by atoms with van der Waals surface area (Å²) in [4.78, 5) is 8.82. The third kappa shape index (κ3) is 6.59. The molecule has 1 aliphatic carbocycles. The number of methoxy groups -OCH3 is 1. The summed E-state index contributed by atoms with van der Waals surface area (Å²) in [5.74, 6) is 1.18. The summed E-state index contributed by atoms with van der Waals surface area (Å²) in [5.41, 5.74) is 0.993. The van der Waals surface area contributed by atoms with E-state index in [1.54, 1.807) is 25.7 Å². The Labute approximate surface area is 200 Å². The van der Waals surface area contributed by atoms with E-state index in [1.807, 2.05) is 6.07 Å². The van der Waals surface area contributed by atoms with E-state index in [9.17, 15) is 5.26 Å². The van der Waals surface area contributed by atoms with Crippen LogP contribution >= 0.6 is 0 Å². The molecule has 1 saturated heterocycles. The lowest BCUT2D eigenvalue weighted by Crippen LogP contribution is -2.38. The summed E-state index contributed by atoms with van der Waals surface area (Å²) in [6.07, 6.45) is 8.96. The zero-order valence-corrected chi connectivity index (χ0v) is 19.7. The third-order valence-electron chi connectivity index (χ3n) is 6.60. The van der Waals surface area contributed by atoms with E-state index in [1.165, 1.54) is 0 Å². The Hall–Kier alpha value is -2.87. The van der Waals surface area contributed by atoms with Crippen LogP contribution in [-0.2, 0) is 9.47 Å². The minimum atomic E-state index is -0.541. The summed E-state index contributed by atoms with van der Waals surface area (Å²) in [6, 6.07) is 7.08. The van der Waals surface area contributed by atoms with Crippen molar-refractivity contribution in [3.63, 3.8) is 0 Å². The standard InChI is InChI=1S/C24H33N7O3/c1-32-11-8-26-19-2-4-20(5-3-19)30-22-13-21(27-17-28-22)18-12-23(31-29-14-18)34-16-24(15-25)6-9-33-10-7-24/h12-14,17,19-20,26H,2-11,16H2,1H3,(H,27,28,30). The maximum atomic E-state index is 9.63. The number of aromatic nitrogens is 4. The maximum Gasteiger partial charge on any atom is 0.234 e. The SMILES string of the molecule is COCCNC1CCC(Nc2cc(-c3cnnc(OCC4(C#N)CCOCC4)c3)ncn2)CC1. The topological polar surface area (TPSA) is 127 Å². The second-order valence-corrected chi connectivity index (χ2v) is 9.00. The summed E-state index contributed by atoms with van der Waals surface area (Å²) in [7, 11) is 1.73. The molecule has 182 valence electrons. The average Bonchev–Trinajstić information content (AvgIpc) is 2.90. The molecule has 0 amide bonds. The minimum absolute atomic E-state index is 0.268. The molecule has 0 radical (unpaired) electrons. The molecule has 1 saturated carbocycles. The molecule has 2 fully saturated rings. The normalized spacial score (nSPS) is 22.0. The van der Waals surface area contributed by atoms with Crippen molar-refractivity contribution >= 4 is 5.82 Å². The first-order chi connectivity index (χ1) is 16.7. The zero-order valence-electron chi connectivity index (χ0n) is 19.7. The molecule has 2 aromatic rings. The van der Waals surface area contributed by atoms with Crippen LogP contribution in [0, 0.1) is 16.7 Å². The van der Waals surface area contributed by atoms with Crippen LogP contribution in [0.1, 0.15) is 38.5 Å². The molecule has 0 unspecified atom stereocenters. The molecular formula is C24H33N7O3. The molecule has 1 aliphatic heterocycles. The van der Waals surface area contributed by atoms with Crippen molar-refractivity contribution in [3.05, 3.63) is 24.7 Å². The molecule has 0 atom stereocenters. The van der Waals surface area contributed by atoms with Crippen LogP contribution in [0.15, 0.2) is 24.7 Å². The lowest BCUT2D eigenvalue weighted by atomic mass is 9.83. The molecule has 2 N–H and O–H groups in total. The zero-order chi connectivity index (χ0) is 23.6. The number of rotatable bonds is 10. The fourth-order valence-corrected chi connectivity index (χ4v) is 4.43. The molecule has 34 heavy (non-hydrogen) atoms. The van der Waals surface area contributed by atoms with Crippen molar-refractivity contribution in [3.8, 4) is 23.2 Å². The van der Waals surface area contributed by atoms with Gasteiger partial charge in [-0.1, -0.05) is 0 Å². The van der Waals surface area contributed by atoms with Crippen LogP contribution in [-0.4, -0.2) is 72.3 Å². The van der Waals surface area contributed by atoms with Gasteiger partial charge in [-0.3, -0.25) is 0 Å². The van der Waals surface area contributed by atoms with E-state index in [2.05, 4.69) is 36.9 Å². The van der Waals surface area contributed by atoms with Gasteiger partial charge in [-0.25, -0.2) is 9.97 Å². The van der Waals surface area contributed by atoms with Crippen molar-refractivity contribution in [2.24, 2.45) is 5.41 Å². The second kappa shape index (κ2) is 12.0. The molecule has 4 rings (SSSR count). The number of nitrogens with one attached hydrogen (secondary N) is 2. The van der Waals surface area contributed by atoms with E-state index in [-0.39, 0.29) is 6.61 Å². The highest BCUT2D eigenvalue weighted by Crippen LogP contribution is 2.31. The number of hydrogen-bond acceptors (Lipinski definition) is 10. The van der Waals surface area contributed by atoms with Gasteiger partial charge in [0.25, 0.3) is 0 Å². The third-order valence-corrected chi connectivity index (χ3v) is 6.60. The Morgan fingerprint density at radius 1 is 1.15 bits per heavy atom. The van der Waals surface area contributed by atoms with Crippen LogP contribution in [0.5, 0.6) is 5.88 Å². The smallest absolute Gasteiger partial charge is 0.234 e. The van der Waals surface area contributed by atoms with E-state index < -0.39 is 5.41 Å². The molecule has 0 spiro atoms. The molecular weight excluding hydrogens is 434 g/mol. The quantitative estimate of drug-likeness (QED) is 0.503. The molecule has 3 heterocycles. The molecule has 10 heteroatoms. The van der Waals surface area contributed by atoms with Crippen LogP contribution in [0.25, 0.3) is 11.3 Å².